The molecule has 4 rings (SSSR count). The second-order valence-electron chi connectivity index (χ2n) is 7.44. The molecule has 1 aromatic carbocycles. The summed E-state index contributed by atoms with van der Waals surface area (Å²) in [5.41, 5.74) is 0.984. The van der Waals surface area contributed by atoms with Crippen molar-refractivity contribution in [3.05, 3.63) is 80.4 Å². The Hall–Kier alpha value is -3.11. The number of pyridine rings is 2. The predicted octanol–water partition coefficient (Wildman–Crippen LogP) is 4.40. The van der Waals surface area contributed by atoms with E-state index in [1.54, 1.807) is 18.2 Å². The van der Waals surface area contributed by atoms with Crippen LogP contribution in [0.1, 0.15) is 28.9 Å². The van der Waals surface area contributed by atoms with Crippen molar-refractivity contribution < 1.29 is 18.4 Å². The van der Waals surface area contributed by atoms with Crippen LogP contribution in [-0.2, 0) is 4.84 Å². The van der Waals surface area contributed by atoms with Crippen molar-refractivity contribution in [1.29, 1.82) is 0 Å². The average molecular weight is 505 g/mol. The summed E-state index contributed by atoms with van der Waals surface area (Å²) >= 11 is 3.16. The molecule has 166 valence electrons. The van der Waals surface area contributed by atoms with Crippen molar-refractivity contribution in [2.24, 2.45) is 5.92 Å². The van der Waals surface area contributed by atoms with E-state index in [1.807, 2.05) is 0 Å². The van der Waals surface area contributed by atoms with Gasteiger partial charge in [0.15, 0.2) is 0 Å². The van der Waals surface area contributed by atoms with E-state index in [-0.39, 0.29) is 22.6 Å². The van der Waals surface area contributed by atoms with Gasteiger partial charge in [0, 0.05) is 16.4 Å². The summed E-state index contributed by atoms with van der Waals surface area (Å²) in [6.45, 7) is 1.83. The Morgan fingerprint density at radius 2 is 2.09 bits per heavy atom. The van der Waals surface area contributed by atoms with Crippen LogP contribution in [0.4, 0.5) is 20.2 Å². The molecule has 1 aliphatic rings. The molecule has 32 heavy (non-hydrogen) atoms. The van der Waals surface area contributed by atoms with Crippen LogP contribution in [0.5, 0.6) is 0 Å². The van der Waals surface area contributed by atoms with E-state index in [4.69, 9.17) is 4.84 Å². The minimum Gasteiger partial charge on any atom is -0.350 e. The monoisotopic (exact) mass is 504 g/mol. The summed E-state index contributed by atoms with van der Waals surface area (Å²) in [5.74, 6) is -2.31. The lowest BCUT2D eigenvalue weighted by atomic mass is 10.1. The minimum absolute atomic E-state index is 0.0991. The van der Waals surface area contributed by atoms with Crippen molar-refractivity contribution in [3.8, 4) is 5.69 Å². The van der Waals surface area contributed by atoms with Gasteiger partial charge in [0.25, 0.3) is 11.5 Å². The van der Waals surface area contributed by atoms with Crippen molar-refractivity contribution in [3.63, 3.8) is 0 Å². The highest BCUT2D eigenvalue weighted by molar-refractivity contribution is 9.10. The molecule has 0 spiro atoms. The SMILES string of the molecule is Cc1c(C(=O)NOCC2CC2)c(Nc2ccc(Br)cc2F)c(F)c(=O)n1-c1cccnc1. The Labute approximate surface area is 190 Å². The van der Waals surface area contributed by atoms with E-state index in [0.717, 1.165) is 17.4 Å². The number of benzene rings is 1. The zero-order valence-corrected chi connectivity index (χ0v) is 18.6. The third-order valence-electron chi connectivity index (χ3n) is 5.06. The molecule has 0 radical (unpaired) electrons. The van der Waals surface area contributed by atoms with E-state index in [2.05, 4.69) is 31.7 Å². The summed E-state index contributed by atoms with van der Waals surface area (Å²) in [7, 11) is 0. The Morgan fingerprint density at radius 3 is 2.75 bits per heavy atom. The van der Waals surface area contributed by atoms with E-state index < -0.39 is 28.8 Å². The van der Waals surface area contributed by atoms with Crippen LogP contribution in [0.3, 0.4) is 0 Å². The zero-order valence-electron chi connectivity index (χ0n) is 17.0. The first-order chi connectivity index (χ1) is 15.4. The first-order valence-electron chi connectivity index (χ1n) is 9.86. The van der Waals surface area contributed by atoms with Crippen LogP contribution < -0.4 is 16.4 Å². The molecule has 0 unspecified atom stereocenters. The molecule has 2 aromatic heterocycles. The van der Waals surface area contributed by atoms with Gasteiger partial charge in [-0.15, -0.1) is 0 Å². The van der Waals surface area contributed by atoms with Crippen LogP contribution in [0.15, 0.2) is 52.0 Å². The number of aromatic nitrogens is 2. The Kier molecular flexibility index (Phi) is 6.33. The van der Waals surface area contributed by atoms with Gasteiger partial charge < -0.3 is 5.32 Å². The van der Waals surface area contributed by atoms with Gasteiger partial charge >= 0.3 is 0 Å². The Morgan fingerprint density at radius 1 is 1.31 bits per heavy atom. The first kappa shape index (κ1) is 22.1. The summed E-state index contributed by atoms with van der Waals surface area (Å²) in [4.78, 5) is 35.1. The minimum atomic E-state index is -1.24. The molecule has 1 fully saturated rings. The number of hydrogen-bond donors (Lipinski definition) is 2. The molecule has 1 saturated carbocycles. The number of hydroxylamine groups is 1. The lowest BCUT2D eigenvalue weighted by Gasteiger charge is -2.19. The number of carbonyl (C=O) groups excluding carboxylic acids is 1. The van der Waals surface area contributed by atoms with Gasteiger partial charge in [0.05, 0.1) is 35.4 Å². The second-order valence-corrected chi connectivity index (χ2v) is 8.35. The third kappa shape index (κ3) is 4.56. The lowest BCUT2D eigenvalue weighted by Crippen LogP contribution is -2.33. The fourth-order valence-electron chi connectivity index (χ4n) is 3.24. The lowest BCUT2D eigenvalue weighted by molar-refractivity contribution is 0.0269. The number of amides is 1. The van der Waals surface area contributed by atoms with Gasteiger partial charge in [-0.25, -0.2) is 9.87 Å². The Balaban J connectivity index is 1.82. The highest BCUT2D eigenvalue weighted by Crippen LogP contribution is 2.30. The molecular formula is C22H19BrF2N4O3. The molecule has 1 amide bonds. The average Bonchev–Trinajstić information content (AvgIpc) is 3.59. The molecule has 3 aromatic rings. The number of anilines is 2. The molecule has 0 bridgehead atoms. The normalized spacial score (nSPS) is 13.1. The quantitative estimate of drug-likeness (QED) is 0.466. The standard InChI is InChI=1S/C22H19BrF2N4O3/c1-12-18(21(30)28-32-11-13-4-5-13)20(27-17-7-6-14(23)9-16(17)24)19(25)22(31)29(12)15-3-2-8-26-10-15/h2-3,6-10,13,27H,4-5,11H2,1H3,(H,28,30). The zero-order chi connectivity index (χ0) is 22.8. The number of carbonyl (C=O) groups is 1. The maximum absolute atomic E-state index is 15.3. The molecule has 0 atom stereocenters. The summed E-state index contributed by atoms with van der Waals surface area (Å²) in [5, 5.41) is 2.57. The molecule has 1 aliphatic carbocycles. The highest BCUT2D eigenvalue weighted by Gasteiger charge is 2.27. The molecule has 2 heterocycles. The molecule has 2 N–H and O–H groups in total. The van der Waals surface area contributed by atoms with Gasteiger partial charge in [0.2, 0.25) is 5.82 Å². The topological polar surface area (TPSA) is 85.3 Å². The number of nitrogens with zero attached hydrogens (tertiary/aromatic N) is 2. The van der Waals surface area contributed by atoms with Crippen molar-refractivity contribution >= 4 is 33.2 Å². The summed E-state index contributed by atoms with van der Waals surface area (Å²) < 4.78 is 31.3. The third-order valence-corrected chi connectivity index (χ3v) is 5.55. The van der Waals surface area contributed by atoms with Crippen LogP contribution in [0, 0.1) is 24.5 Å². The largest absolute Gasteiger partial charge is 0.350 e. The van der Waals surface area contributed by atoms with Gasteiger partial charge in [0.1, 0.15) is 5.82 Å². The van der Waals surface area contributed by atoms with E-state index >= 15 is 4.39 Å². The number of rotatable bonds is 7. The van der Waals surface area contributed by atoms with Crippen molar-refractivity contribution in [1.82, 2.24) is 15.0 Å². The molecule has 0 aliphatic heterocycles. The number of nitrogens with one attached hydrogen (secondary N) is 2. The summed E-state index contributed by atoms with van der Waals surface area (Å²) in [6.07, 6.45) is 4.92. The van der Waals surface area contributed by atoms with Crippen LogP contribution in [0.25, 0.3) is 5.69 Å². The number of hydrogen-bond acceptors (Lipinski definition) is 5. The van der Waals surface area contributed by atoms with Crippen LogP contribution >= 0.6 is 15.9 Å². The van der Waals surface area contributed by atoms with Gasteiger partial charge in [-0.05, 0) is 56.0 Å². The maximum Gasteiger partial charge on any atom is 0.293 e. The Bertz CT molecular complexity index is 1230. The van der Waals surface area contributed by atoms with Gasteiger partial charge in [-0.2, -0.15) is 4.39 Å². The second kappa shape index (κ2) is 9.17. The fraction of sp³-hybridized carbons (Fsp3) is 0.227. The molecule has 10 heteroatoms. The van der Waals surface area contributed by atoms with Gasteiger partial charge in [-0.3, -0.25) is 24.0 Å². The number of halogens is 3. The van der Waals surface area contributed by atoms with Gasteiger partial charge in [-0.1, -0.05) is 15.9 Å². The molecular weight excluding hydrogens is 486 g/mol. The fourth-order valence-corrected chi connectivity index (χ4v) is 3.57. The van der Waals surface area contributed by atoms with Crippen LogP contribution in [-0.4, -0.2) is 22.1 Å². The first-order valence-corrected chi connectivity index (χ1v) is 10.7. The van der Waals surface area contributed by atoms with E-state index in [9.17, 15) is 14.0 Å². The van der Waals surface area contributed by atoms with E-state index in [1.165, 1.54) is 31.5 Å². The molecule has 0 saturated heterocycles. The molecule has 7 nitrogen and oxygen atoms in total. The van der Waals surface area contributed by atoms with E-state index in [0.29, 0.717) is 17.0 Å². The summed E-state index contributed by atoms with van der Waals surface area (Å²) in [6, 6.07) is 7.24. The van der Waals surface area contributed by atoms with Crippen LogP contribution in [0.2, 0.25) is 0 Å². The van der Waals surface area contributed by atoms with Crippen molar-refractivity contribution in [2.75, 3.05) is 11.9 Å². The predicted molar refractivity (Wildman–Crippen MR) is 118 cm³/mol. The highest BCUT2D eigenvalue weighted by atomic mass is 79.9. The maximum atomic E-state index is 15.3. The van der Waals surface area contributed by atoms with Crippen molar-refractivity contribution in [2.45, 2.75) is 19.8 Å². The smallest absolute Gasteiger partial charge is 0.293 e.